The highest BCUT2D eigenvalue weighted by atomic mass is 32.2. The third kappa shape index (κ3) is 10.2. The van der Waals surface area contributed by atoms with Crippen LogP contribution in [-0.4, -0.2) is 57.7 Å². The smallest absolute Gasteiger partial charge is 0.420 e. The Kier molecular flexibility index (Phi) is 13.0. The number of fused-ring (bicyclic) bond motifs is 4. The van der Waals surface area contributed by atoms with Crippen LogP contribution in [0.25, 0.3) is 22.1 Å². The van der Waals surface area contributed by atoms with E-state index in [-0.39, 0.29) is 27.2 Å². The number of benzene rings is 4. The molecule has 2 aliphatic carbocycles. The molecule has 0 radical (unpaired) electrons. The Balaban J connectivity index is 0.000000200. The molecular weight excluding hydrogens is 833 g/mol. The van der Waals surface area contributed by atoms with Crippen molar-refractivity contribution >= 4 is 55.7 Å². The van der Waals surface area contributed by atoms with Crippen LogP contribution in [0.1, 0.15) is 114 Å². The third-order valence-electron chi connectivity index (χ3n) is 11.0. The molecule has 0 bridgehead atoms. The van der Waals surface area contributed by atoms with Crippen LogP contribution in [0.4, 0.5) is 13.6 Å². The first-order valence-electron chi connectivity index (χ1n) is 20.9. The van der Waals surface area contributed by atoms with E-state index < -0.39 is 38.8 Å². The van der Waals surface area contributed by atoms with E-state index in [0.29, 0.717) is 40.3 Å². The number of carbonyl (C=O) groups excluding carboxylic acids is 2. The molecule has 2 aromatic heterocycles. The van der Waals surface area contributed by atoms with E-state index in [1.165, 1.54) is 58.3 Å². The van der Waals surface area contributed by atoms with Crippen molar-refractivity contribution in [3.8, 4) is 0 Å². The first-order valence-corrected chi connectivity index (χ1v) is 23.2. The van der Waals surface area contributed by atoms with Gasteiger partial charge in [-0.25, -0.2) is 36.5 Å². The number of aryl methyl sites for hydroxylation is 2. The van der Waals surface area contributed by atoms with Crippen molar-refractivity contribution in [3.63, 3.8) is 0 Å². The maximum atomic E-state index is 14.6. The van der Waals surface area contributed by atoms with Gasteiger partial charge in [0.1, 0.15) is 45.1 Å². The van der Waals surface area contributed by atoms with Gasteiger partial charge in [-0.15, -0.1) is 0 Å². The maximum Gasteiger partial charge on any atom is 0.420 e. The molecule has 3 N–H and O–H groups in total. The van der Waals surface area contributed by atoms with Crippen molar-refractivity contribution in [2.45, 2.75) is 136 Å². The van der Waals surface area contributed by atoms with E-state index in [9.17, 15) is 26.8 Å². The molecule has 0 aliphatic heterocycles. The lowest BCUT2D eigenvalue weighted by Gasteiger charge is -2.26. The fourth-order valence-corrected chi connectivity index (χ4v) is 10.8. The molecule has 6 aromatic rings. The molecule has 4 aromatic carbocycles. The second kappa shape index (κ2) is 17.9. The highest BCUT2D eigenvalue weighted by molar-refractivity contribution is 7.99. The zero-order chi connectivity index (χ0) is 44.6. The van der Waals surface area contributed by atoms with Gasteiger partial charge in [0.05, 0.1) is 22.3 Å². The van der Waals surface area contributed by atoms with Crippen molar-refractivity contribution in [3.05, 3.63) is 107 Å². The van der Waals surface area contributed by atoms with Gasteiger partial charge in [-0.1, -0.05) is 23.9 Å². The van der Waals surface area contributed by atoms with E-state index in [2.05, 4.69) is 27.1 Å². The summed E-state index contributed by atoms with van der Waals surface area (Å²) >= 11 is 1.43. The lowest BCUT2D eigenvalue weighted by Crippen LogP contribution is -2.26. The molecule has 0 unspecified atom stereocenters. The fourth-order valence-electron chi connectivity index (χ4n) is 8.27. The minimum absolute atomic E-state index is 0.116. The number of sulfone groups is 1. The van der Waals surface area contributed by atoms with E-state index in [4.69, 9.17) is 15.2 Å². The van der Waals surface area contributed by atoms with E-state index in [0.717, 1.165) is 67.0 Å². The van der Waals surface area contributed by atoms with Crippen LogP contribution >= 0.6 is 11.8 Å². The molecule has 0 fully saturated rings. The summed E-state index contributed by atoms with van der Waals surface area (Å²) in [5.74, 6) is -0.627. The number of nitrogens with two attached hydrogens (primary N) is 1. The van der Waals surface area contributed by atoms with Crippen LogP contribution in [-0.2, 0) is 36.9 Å². The lowest BCUT2D eigenvalue weighted by molar-refractivity contribution is -0.155. The topological polar surface area (TPSA) is 159 Å². The van der Waals surface area contributed by atoms with Gasteiger partial charge in [0.25, 0.3) is 0 Å². The average Bonchev–Trinajstić information content (AvgIpc) is 3.85. The van der Waals surface area contributed by atoms with Gasteiger partial charge in [0, 0.05) is 22.3 Å². The van der Waals surface area contributed by atoms with Crippen LogP contribution in [0.3, 0.4) is 0 Å². The summed E-state index contributed by atoms with van der Waals surface area (Å²) in [5.41, 5.74) is 10.9. The minimum Gasteiger partial charge on any atom is -0.460 e. The zero-order valence-corrected chi connectivity index (χ0v) is 37.5. The number of halogens is 2. The Morgan fingerprint density at radius 1 is 0.839 bits per heavy atom. The van der Waals surface area contributed by atoms with Gasteiger partial charge >= 0.3 is 12.1 Å². The molecule has 328 valence electrons. The molecule has 0 amide bonds. The largest absolute Gasteiger partial charge is 0.460 e. The van der Waals surface area contributed by atoms with Crippen LogP contribution < -0.4 is 5.73 Å². The Labute approximate surface area is 365 Å². The zero-order valence-electron chi connectivity index (χ0n) is 35.9. The predicted octanol–water partition coefficient (Wildman–Crippen LogP) is 10.6. The molecule has 0 saturated heterocycles. The summed E-state index contributed by atoms with van der Waals surface area (Å²) in [6.45, 7) is 11.5. The number of aromatic amines is 1. The minimum atomic E-state index is -3.87. The summed E-state index contributed by atoms with van der Waals surface area (Å²) in [6, 6.07) is 16.5. The number of imidazole rings is 2. The summed E-state index contributed by atoms with van der Waals surface area (Å²) in [4.78, 5) is 37.7. The van der Waals surface area contributed by atoms with Crippen molar-refractivity contribution in [1.82, 2.24) is 19.5 Å². The SMILES string of the molecule is CC(C)(C)OC(=O)CC[C@@H]1CCCc2cc(Sc3cc(F)cc4c3ncn4C(=O)OC(C)(C)C)ccc21.NC[C@@H]1CCCc2cc(S(=O)(=O)c3cc(F)cc4[nH]cnc34)ccc21. The van der Waals surface area contributed by atoms with E-state index in [1.54, 1.807) is 32.9 Å². The number of ether oxygens (including phenoxy) is 2. The van der Waals surface area contributed by atoms with E-state index in [1.807, 2.05) is 32.9 Å². The normalized spacial score (nSPS) is 16.6. The fraction of sp³-hybridized carbons (Fsp3) is 0.404. The van der Waals surface area contributed by atoms with Gasteiger partial charge in [-0.3, -0.25) is 4.79 Å². The molecule has 0 saturated carbocycles. The molecular formula is C47H53F2N5O6S2. The Morgan fingerprint density at radius 2 is 1.50 bits per heavy atom. The lowest BCUT2D eigenvalue weighted by atomic mass is 9.80. The summed E-state index contributed by atoms with van der Waals surface area (Å²) in [5, 5.41) is 0. The number of hydrogen-bond acceptors (Lipinski definition) is 10. The second-order valence-electron chi connectivity index (χ2n) is 17.9. The Morgan fingerprint density at radius 3 is 2.21 bits per heavy atom. The van der Waals surface area contributed by atoms with Crippen LogP contribution in [0.5, 0.6) is 0 Å². The van der Waals surface area contributed by atoms with Gasteiger partial charge in [0.15, 0.2) is 0 Å². The highest BCUT2D eigenvalue weighted by Crippen LogP contribution is 2.40. The van der Waals surface area contributed by atoms with Crippen LogP contribution in [0, 0.1) is 11.6 Å². The molecule has 2 atom stereocenters. The summed E-state index contributed by atoms with van der Waals surface area (Å²) in [7, 11) is -3.87. The molecule has 2 heterocycles. The predicted molar refractivity (Wildman–Crippen MR) is 235 cm³/mol. The van der Waals surface area contributed by atoms with Gasteiger partial charge in [-0.05, 0) is 170 Å². The Bertz CT molecular complexity index is 2750. The number of carbonyl (C=O) groups is 2. The number of esters is 1. The first kappa shape index (κ1) is 44.9. The highest BCUT2D eigenvalue weighted by Gasteiger charge is 2.28. The molecule has 15 heteroatoms. The Hall–Kier alpha value is -5.12. The number of H-pyrrole nitrogens is 1. The van der Waals surface area contributed by atoms with Gasteiger partial charge in [-0.2, -0.15) is 0 Å². The number of nitrogens with zero attached hydrogens (tertiary/aromatic N) is 3. The molecule has 11 nitrogen and oxygen atoms in total. The molecule has 8 rings (SSSR count). The van der Waals surface area contributed by atoms with Crippen molar-refractivity contribution in [2.24, 2.45) is 5.73 Å². The molecule has 0 spiro atoms. The number of nitrogens with one attached hydrogen (secondary N) is 1. The second-order valence-corrected chi connectivity index (χ2v) is 21.0. The van der Waals surface area contributed by atoms with Crippen molar-refractivity contribution < 1.29 is 36.3 Å². The number of aromatic nitrogens is 4. The standard InChI is InChI=1S/C29H35FN2O4S.C18H18FN3O2S/c1-28(2,3)35-25(33)13-10-18-8-7-9-19-14-21(11-12-22(18)19)37-24-16-20(30)15-23-26(24)31-17-32(23)27(34)36-29(4,5)6;19-13-7-16-18(22-10-21-16)17(8-13)25(23,24)14-4-5-15-11(6-14)2-1-3-12(15)9-20/h11-12,14-18H,7-10,13H2,1-6H3;4-8,10,12H,1-3,9,20H2,(H,21,22)/t18-;12-/m00/s1. The quantitative estimate of drug-likeness (QED) is 0.141. The summed E-state index contributed by atoms with van der Waals surface area (Å²) in [6.07, 6.45) is 9.23. The van der Waals surface area contributed by atoms with Gasteiger partial charge < -0.3 is 20.2 Å². The summed E-state index contributed by atoms with van der Waals surface area (Å²) < 4.78 is 66.8. The van der Waals surface area contributed by atoms with Crippen molar-refractivity contribution in [2.75, 3.05) is 6.54 Å². The molecule has 2 aliphatic rings. The van der Waals surface area contributed by atoms with Crippen molar-refractivity contribution in [1.29, 1.82) is 0 Å². The monoisotopic (exact) mass is 885 g/mol. The van der Waals surface area contributed by atoms with Gasteiger partial charge in [0.2, 0.25) is 9.84 Å². The van der Waals surface area contributed by atoms with Crippen LogP contribution in [0.15, 0.2) is 92.9 Å². The molecule has 62 heavy (non-hydrogen) atoms. The average molecular weight is 886 g/mol. The van der Waals surface area contributed by atoms with E-state index >= 15 is 0 Å². The van der Waals surface area contributed by atoms with Crippen LogP contribution in [0.2, 0.25) is 0 Å². The first-order chi connectivity index (χ1) is 29.3. The maximum absolute atomic E-state index is 14.6. The third-order valence-corrected chi connectivity index (χ3v) is 13.7. The number of hydrogen-bond donors (Lipinski definition) is 2. The number of rotatable bonds is 8.